The zero-order chi connectivity index (χ0) is 29.7. The molecule has 9 heteroatoms. The Morgan fingerprint density at radius 1 is 0.524 bits per heavy atom. The zero-order valence-electron chi connectivity index (χ0n) is 23.8. The van der Waals surface area contributed by atoms with E-state index in [4.69, 9.17) is 18.1 Å². The van der Waals surface area contributed by atoms with E-state index >= 15 is 0 Å². The van der Waals surface area contributed by atoms with E-state index in [9.17, 15) is 14.2 Å². The van der Waals surface area contributed by atoms with E-state index in [-0.39, 0.29) is 32.8 Å². The molecule has 42 heavy (non-hydrogen) atoms. The van der Waals surface area contributed by atoms with Crippen LogP contribution in [0.15, 0.2) is 121 Å². The largest absolute Gasteiger partial charge is 0.375 e. The summed E-state index contributed by atoms with van der Waals surface area (Å²) < 4.78 is 53.9. The van der Waals surface area contributed by atoms with E-state index in [2.05, 4.69) is 0 Å². The van der Waals surface area contributed by atoms with Crippen molar-refractivity contribution in [2.24, 2.45) is 0 Å². The Kier molecular flexibility index (Phi) is 11.9. The zero-order valence-corrected chi connectivity index (χ0v) is 25.6. The standard InChI is InChI=1S/C33H38O7P2/c1-2-3-24-33(34,41(35,37-25-29-16-8-4-9-17-29)38-26-30-18-10-5-11-19-30)42(36,39-27-31-20-12-6-13-21-31)40-28-32-22-14-7-15-23-32/h4-23,34H,2-3,24-28H2,1H3. The Labute approximate surface area is 248 Å². The highest BCUT2D eigenvalue weighted by molar-refractivity contribution is 7.73. The van der Waals surface area contributed by atoms with Crippen LogP contribution >= 0.6 is 15.2 Å². The van der Waals surface area contributed by atoms with Crippen LogP contribution in [0.2, 0.25) is 0 Å². The van der Waals surface area contributed by atoms with Gasteiger partial charge in [-0.25, -0.2) is 0 Å². The molecule has 0 radical (unpaired) electrons. The molecule has 0 saturated carbocycles. The molecule has 7 nitrogen and oxygen atoms in total. The third-order valence-corrected chi connectivity index (χ3v) is 12.3. The van der Waals surface area contributed by atoms with Crippen LogP contribution in [0.4, 0.5) is 0 Å². The number of unbranched alkanes of at least 4 members (excludes halogenated alkanes) is 1. The first-order valence-corrected chi connectivity index (χ1v) is 17.1. The molecule has 4 rings (SSSR count). The average Bonchev–Trinajstić information content (AvgIpc) is 3.05. The lowest BCUT2D eigenvalue weighted by Crippen LogP contribution is -2.33. The molecule has 0 amide bonds. The molecule has 4 aromatic carbocycles. The van der Waals surface area contributed by atoms with Gasteiger partial charge in [-0.2, -0.15) is 0 Å². The highest BCUT2D eigenvalue weighted by Gasteiger charge is 2.64. The number of rotatable bonds is 17. The fourth-order valence-corrected chi connectivity index (χ4v) is 9.27. The third-order valence-electron chi connectivity index (χ3n) is 6.72. The summed E-state index contributed by atoms with van der Waals surface area (Å²) in [5, 5.41) is 9.87. The van der Waals surface area contributed by atoms with E-state index in [1.54, 1.807) is 0 Å². The Morgan fingerprint density at radius 3 is 1.02 bits per heavy atom. The maximum atomic E-state index is 14.9. The summed E-state index contributed by atoms with van der Waals surface area (Å²) in [7, 11) is -9.25. The summed E-state index contributed by atoms with van der Waals surface area (Å²) in [4.78, 5) is 0. The lowest BCUT2D eigenvalue weighted by molar-refractivity contribution is 0.0631. The van der Waals surface area contributed by atoms with Gasteiger partial charge in [0.1, 0.15) is 0 Å². The van der Waals surface area contributed by atoms with Crippen molar-refractivity contribution < 1.29 is 32.3 Å². The van der Waals surface area contributed by atoms with Crippen molar-refractivity contribution in [3.8, 4) is 0 Å². The molecule has 0 unspecified atom stereocenters. The minimum absolute atomic E-state index is 0.140. The predicted molar refractivity (Wildman–Crippen MR) is 165 cm³/mol. The first-order valence-electron chi connectivity index (χ1n) is 14.0. The van der Waals surface area contributed by atoms with Gasteiger partial charge in [-0.1, -0.05) is 135 Å². The summed E-state index contributed by atoms with van der Waals surface area (Å²) in [6.45, 7) is 1.36. The third kappa shape index (κ3) is 8.37. The molecule has 0 aliphatic rings. The van der Waals surface area contributed by atoms with Gasteiger partial charge in [0.15, 0.2) is 0 Å². The Balaban J connectivity index is 1.75. The van der Waals surface area contributed by atoms with Crippen LogP contribution < -0.4 is 0 Å². The quantitative estimate of drug-likeness (QED) is 0.120. The molecule has 0 saturated heterocycles. The van der Waals surface area contributed by atoms with Crippen molar-refractivity contribution >= 4 is 15.2 Å². The van der Waals surface area contributed by atoms with Crippen LogP contribution in [0.3, 0.4) is 0 Å². The summed E-state index contributed by atoms with van der Waals surface area (Å²) in [6.07, 6.45) is 0.805. The SMILES string of the molecule is CCCCC(O)(P(=O)(OCc1ccccc1)OCc1ccccc1)P(=O)(OCc1ccccc1)OCc1ccccc1. The number of hydrogen-bond acceptors (Lipinski definition) is 7. The molecule has 0 aromatic heterocycles. The molecule has 1 N–H and O–H groups in total. The van der Waals surface area contributed by atoms with Crippen molar-refractivity contribution in [3.63, 3.8) is 0 Å². The van der Waals surface area contributed by atoms with Crippen LogP contribution in [-0.4, -0.2) is 10.2 Å². The lowest BCUT2D eigenvalue weighted by Gasteiger charge is -2.39. The molecule has 0 bridgehead atoms. The summed E-state index contributed by atoms with van der Waals surface area (Å²) in [6, 6.07) is 36.5. The second-order valence-electron chi connectivity index (χ2n) is 9.91. The summed E-state index contributed by atoms with van der Waals surface area (Å²) >= 11 is 0. The van der Waals surface area contributed by atoms with E-state index in [0.29, 0.717) is 35.1 Å². The molecular weight excluding hydrogens is 570 g/mol. The fraction of sp³-hybridized carbons (Fsp3) is 0.273. The topological polar surface area (TPSA) is 91.3 Å². The molecule has 0 aliphatic heterocycles. The van der Waals surface area contributed by atoms with Gasteiger partial charge in [0.2, 0.25) is 0 Å². The van der Waals surface area contributed by atoms with E-state index in [0.717, 1.165) is 0 Å². The minimum atomic E-state index is -4.62. The smallest absolute Gasteiger partial charge is 0.368 e. The van der Waals surface area contributed by atoms with Crippen molar-refractivity contribution in [3.05, 3.63) is 144 Å². The first kappa shape index (κ1) is 32.1. The van der Waals surface area contributed by atoms with Crippen LogP contribution in [-0.2, 0) is 53.7 Å². The summed E-state index contributed by atoms with van der Waals surface area (Å²) in [5.74, 6) is 0. The predicted octanol–water partition coefficient (Wildman–Crippen LogP) is 9.08. The van der Waals surface area contributed by atoms with Crippen molar-refractivity contribution in [1.29, 1.82) is 0 Å². The van der Waals surface area contributed by atoms with Crippen LogP contribution in [0.25, 0.3) is 0 Å². The molecule has 0 spiro atoms. The highest BCUT2D eigenvalue weighted by Crippen LogP contribution is 2.78. The molecule has 4 aromatic rings. The molecule has 0 fully saturated rings. The number of benzene rings is 4. The van der Waals surface area contributed by atoms with Gasteiger partial charge in [-0.05, 0) is 35.1 Å². The monoisotopic (exact) mass is 608 g/mol. The van der Waals surface area contributed by atoms with E-state index in [1.807, 2.05) is 128 Å². The second kappa shape index (κ2) is 15.6. The van der Waals surface area contributed by atoms with Crippen LogP contribution in [0.5, 0.6) is 0 Å². The number of aliphatic hydroxyl groups is 1. The molecule has 222 valence electrons. The van der Waals surface area contributed by atoms with Gasteiger partial charge < -0.3 is 23.2 Å². The first-order chi connectivity index (χ1) is 20.4. The second-order valence-corrected chi connectivity index (χ2v) is 14.8. The van der Waals surface area contributed by atoms with Crippen molar-refractivity contribution in [2.45, 2.75) is 57.7 Å². The van der Waals surface area contributed by atoms with E-state index in [1.165, 1.54) is 0 Å². The molecule has 0 heterocycles. The van der Waals surface area contributed by atoms with Gasteiger partial charge in [-0.3, -0.25) is 9.13 Å². The highest BCUT2D eigenvalue weighted by atomic mass is 31.2. The average molecular weight is 609 g/mol. The van der Waals surface area contributed by atoms with Crippen LogP contribution in [0.1, 0.15) is 48.4 Å². The Hall–Kier alpha value is -2.86. The van der Waals surface area contributed by atoms with Gasteiger partial charge in [-0.15, -0.1) is 0 Å². The van der Waals surface area contributed by atoms with Gasteiger partial charge >= 0.3 is 15.2 Å². The molecule has 0 aliphatic carbocycles. The van der Waals surface area contributed by atoms with Crippen LogP contribution in [0, 0.1) is 0 Å². The molecule has 0 atom stereocenters. The minimum Gasteiger partial charge on any atom is -0.368 e. The lowest BCUT2D eigenvalue weighted by atomic mass is 10.2. The number of hydrogen-bond donors (Lipinski definition) is 1. The van der Waals surface area contributed by atoms with Gasteiger partial charge in [0.05, 0.1) is 26.4 Å². The maximum Gasteiger partial charge on any atom is 0.375 e. The Morgan fingerprint density at radius 2 is 0.786 bits per heavy atom. The Bertz CT molecular complexity index is 1230. The van der Waals surface area contributed by atoms with E-state index < -0.39 is 20.3 Å². The van der Waals surface area contributed by atoms with Crippen molar-refractivity contribution in [1.82, 2.24) is 0 Å². The summed E-state index contributed by atoms with van der Waals surface area (Å²) in [5.41, 5.74) is 2.85. The maximum absolute atomic E-state index is 14.9. The fourth-order valence-electron chi connectivity index (χ4n) is 4.26. The normalized spacial score (nSPS) is 12.3. The molecular formula is C33H38O7P2. The van der Waals surface area contributed by atoms with Gasteiger partial charge in [0.25, 0.3) is 5.08 Å². The van der Waals surface area contributed by atoms with Crippen molar-refractivity contribution in [2.75, 3.05) is 0 Å². The van der Waals surface area contributed by atoms with Gasteiger partial charge in [0, 0.05) is 0 Å².